The molecular weight excluding hydrogens is 264 g/mol. The predicted octanol–water partition coefficient (Wildman–Crippen LogP) is -0.880. The van der Waals surface area contributed by atoms with Crippen LogP contribution in [0.1, 0.15) is 0 Å². The van der Waals surface area contributed by atoms with Crippen LogP contribution in [0.25, 0.3) is 0 Å². The van der Waals surface area contributed by atoms with Gasteiger partial charge in [0.2, 0.25) is 0 Å². The van der Waals surface area contributed by atoms with Gasteiger partial charge in [-0.05, 0) is 0 Å². The van der Waals surface area contributed by atoms with E-state index in [1.165, 1.54) is 4.79 Å². The quantitative estimate of drug-likeness (QED) is 0.313. The second-order valence-electron chi connectivity index (χ2n) is 0.519. The average Bonchev–Trinajstić information content (AvgIpc) is 1.60. The third-order valence-corrected chi connectivity index (χ3v) is 0. The van der Waals surface area contributed by atoms with Gasteiger partial charge in [-0.3, -0.25) is 0 Å². The molecule has 0 unspecified atom stereocenters. The van der Waals surface area contributed by atoms with Crippen molar-refractivity contribution in [2.24, 2.45) is 0 Å². The Balaban J connectivity index is -0.0000000389. The number of carbonyl (C=O) groups excluding carboxylic acids is 1. The van der Waals surface area contributed by atoms with E-state index in [-0.39, 0.29) is 17.1 Å². The minimum atomic E-state index is -1.75. The number of rotatable bonds is 0. The maximum absolute atomic E-state index is 8.57. The van der Waals surface area contributed by atoms with E-state index in [2.05, 4.69) is 15.6 Å². The molecule has 0 radical (unpaired) electrons. The Morgan fingerprint density at radius 3 is 1.00 bits per heavy atom. The molecule has 0 spiro atoms. The minimum absolute atomic E-state index is 0. The van der Waals surface area contributed by atoms with Crippen molar-refractivity contribution in [1.82, 2.24) is 0 Å². The Morgan fingerprint density at radius 2 is 1.00 bits per heavy atom. The summed E-state index contributed by atoms with van der Waals surface area (Å²) in [5, 5.41) is 29.5. The van der Waals surface area contributed by atoms with Gasteiger partial charge in [0, 0.05) is 0 Å². The van der Waals surface area contributed by atoms with E-state index in [1.54, 1.807) is 0 Å². The Morgan fingerprint density at radius 1 is 1.00 bits per heavy atom. The zero-order chi connectivity index (χ0) is 9.86. The summed E-state index contributed by atoms with van der Waals surface area (Å²) >= 11 is 2.68. The first-order chi connectivity index (χ1) is 4.88. The summed E-state index contributed by atoms with van der Waals surface area (Å²) in [7, 11) is 0. The maximum Gasteiger partial charge on any atom is 2.00 e. The van der Waals surface area contributed by atoms with Crippen molar-refractivity contribution >= 4 is 4.79 Å². The third kappa shape index (κ3) is 603. The molecule has 0 fully saturated rings. The molecule has 0 aromatic carbocycles. The molecule has 11 heteroatoms. The standard InChI is InChI=1S/CO.2Fe.2NO3/c1-2;;;2*2-1(3)4/q;;+2;2*-1. The van der Waals surface area contributed by atoms with Gasteiger partial charge in [-0.25, -0.2) is 0 Å². The van der Waals surface area contributed by atoms with Gasteiger partial charge >= 0.3 is 42.2 Å². The van der Waals surface area contributed by atoms with E-state index < -0.39 is 10.2 Å². The average molecular weight is 264 g/mol. The van der Waals surface area contributed by atoms with Crippen molar-refractivity contribution in [2.45, 2.75) is 0 Å². The molecule has 12 heavy (non-hydrogen) atoms. The van der Waals surface area contributed by atoms with Crippen molar-refractivity contribution in [1.29, 1.82) is 0 Å². The SMILES string of the molecule is O=[C]=[Fe].O=[N+]([O-])[O-].O=[N+]([O-])[O-].[Fe+2]. The second-order valence-corrected chi connectivity index (χ2v) is 0.745. The van der Waals surface area contributed by atoms with Crippen LogP contribution in [0.4, 0.5) is 0 Å². The van der Waals surface area contributed by atoms with Gasteiger partial charge in [0.05, 0.1) is 10.2 Å². The second kappa shape index (κ2) is 22.5. The molecule has 0 aromatic rings. The van der Waals surface area contributed by atoms with Gasteiger partial charge in [-0.2, -0.15) is 0 Å². The predicted molar refractivity (Wildman–Crippen MR) is 26.4 cm³/mol. The summed E-state index contributed by atoms with van der Waals surface area (Å²) in [6.07, 6.45) is 0. The Kier molecular flexibility index (Phi) is 42.1. The van der Waals surface area contributed by atoms with Crippen molar-refractivity contribution in [3.63, 3.8) is 0 Å². The van der Waals surface area contributed by atoms with Gasteiger partial charge in [0.15, 0.2) is 0 Å². The van der Waals surface area contributed by atoms with E-state index in [0.717, 1.165) is 0 Å². The number of hydrogen-bond donors (Lipinski definition) is 0. The molecular formula is CFe2N2O7. The van der Waals surface area contributed by atoms with Crippen LogP contribution in [0, 0.1) is 30.6 Å². The largest absolute Gasteiger partial charge is 2.00 e. The van der Waals surface area contributed by atoms with Crippen LogP contribution in [0.3, 0.4) is 0 Å². The molecule has 0 aliphatic heterocycles. The van der Waals surface area contributed by atoms with Crippen LogP contribution >= 0.6 is 0 Å². The van der Waals surface area contributed by atoms with Crippen LogP contribution in [0.5, 0.6) is 0 Å². The monoisotopic (exact) mass is 264 g/mol. The normalized spacial score (nSPS) is 4.75. The topological polar surface area (TPSA) is 149 Å². The van der Waals surface area contributed by atoms with Crippen molar-refractivity contribution < 1.29 is 47.6 Å². The van der Waals surface area contributed by atoms with Crippen LogP contribution in [-0.2, 0) is 37.4 Å². The number of hydrogen-bond acceptors (Lipinski definition) is 7. The molecule has 0 amide bonds. The fourth-order valence-corrected chi connectivity index (χ4v) is 0. The summed E-state index contributed by atoms with van der Waals surface area (Å²) < 4.78 is 0. The van der Waals surface area contributed by atoms with E-state index in [1.807, 2.05) is 0 Å². The van der Waals surface area contributed by atoms with Gasteiger partial charge in [0.25, 0.3) is 0 Å². The molecule has 0 atom stereocenters. The van der Waals surface area contributed by atoms with Crippen molar-refractivity contribution in [3.8, 4) is 0 Å². The van der Waals surface area contributed by atoms with E-state index in [4.69, 9.17) is 35.4 Å². The third-order valence-electron chi connectivity index (χ3n) is 0. The van der Waals surface area contributed by atoms with Crippen LogP contribution in [0.15, 0.2) is 0 Å². The van der Waals surface area contributed by atoms with E-state index in [9.17, 15) is 0 Å². The smallest absolute Gasteiger partial charge is 0.356 e. The first kappa shape index (κ1) is 22.5. The van der Waals surface area contributed by atoms with Crippen LogP contribution in [-0.4, -0.2) is 15.0 Å². The fraction of sp³-hybridized carbons (Fsp3) is 0. The van der Waals surface area contributed by atoms with Gasteiger partial charge < -0.3 is 30.6 Å². The van der Waals surface area contributed by atoms with Gasteiger partial charge in [0.1, 0.15) is 0 Å². The molecule has 0 saturated heterocycles. The Hall–Kier alpha value is -0.981. The summed E-state index contributed by atoms with van der Waals surface area (Å²) in [4.78, 5) is 26.3. The van der Waals surface area contributed by atoms with Gasteiger partial charge in [-0.1, -0.05) is 0 Å². The molecule has 9 nitrogen and oxygen atoms in total. The number of nitrogens with zero attached hydrogens (tertiary/aromatic N) is 2. The molecule has 0 saturated carbocycles. The van der Waals surface area contributed by atoms with E-state index >= 15 is 0 Å². The molecule has 0 heterocycles. The molecule has 0 aromatic heterocycles. The zero-order valence-electron chi connectivity index (χ0n) is 4.96. The summed E-state index contributed by atoms with van der Waals surface area (Å²) in [6, 6.07) is 0. The van der Waals surface area contributed by atoms with Crippen LogP contribution in [0.2, 0.25) is 0 Å². The molecule has 0 aliphatic rings. The maximum atomic E-state index is 8.57. The molecule has 0 rings (SSSR count). The van der Waals surface area contributed by atoms with E-state index in [0.29, 0.717) is 0 Å². The van der Waals surface area contributed by atoms with Crippen LogP contribution < -0.4 is 0 Å². The Bertz CT molecular complexity index is 131. The van der Waals surface area contributed by atoms with Crippen molar-refractivity contribution in [2.75, 3.05) is 0 Å². The first-order valence-electron chi connectivity index (χ1n) is 1.48. The fourth-order valence-electron chi connectivity index (χ4n) is 0. The molecule has 0 aliphatic carbocycles. The van der Waals surface area contributed by atoms with Gasteiger partial charge in [-0.15, -0.1) is 0 Å². The first-order valence-corrected chi connectivity index (χ1v) is 2.03. The Labute approximate surface area is 83.4 Å². The summed E-state index contributed by atoms with van der Waals surface area (Å²) in [5.41, 5.74) is 0. The molecule has 0 N–H and O–H groups in total. The molecule has 0 bridgehead atoms. The van der Waals surface area contributed by atoms with Crippen molar-refractivity contribution in [3.05, 3.63) is 30.6 Å². The zero-order valence-corrected chi connectivity index (χ0v) is 7.17. The summed E-state index contributed by atoms with van der Waals surface area (Å²) in [5.74, 6) is 0. The summed E-state index contributed by atoms with van der Waals surface area (Å²) in [6.45, 7) is 0. The molecule has 72 valence electrons. The minimum Gasteiger partial charge on any atom is -0.356 e.